The average molecular weight is 336 g/mol. The number of sulfonamides is 1. The Balaban J connectivity index is 3.55. The monoisotopic (exact) mass is 335 g/mol. The van der Waals surface area contributed by atoms with Gasteiger partial charge in [0, 0.05) is 18.1 Å². The Hall–Kier alpha value is -0.920. The number of rotatable bonds is 4. The van der Waals surface area contributed by atoms with Crippen molar-refractivity contribution < 1.29 is 18.3 Å². The Morgan fingerprint density at radius 2 is 2.00 bits per heavy atom. The van der Waals surface area contributed by atoms with Crippen molar-refractivity contribution in [1.82, 2.24) is 4.31 Å². The van der Waals surface area contributed by atoms with Gasteiger partial charge in [-0.05, 0) is 24.6 Å². The third-order valence-corrected chi connectivity index (χ3v) is 5.56. The zero-order valence-electron chi connectivity index (χ0n) is 10.3. The lowest BCUT2D eigenvalue weighted by molar-refractivity contribution is 0.0696. The predicted octanol–water partition coefficient (Wildman–Crippen LogP) is 2.10. The van der Waals surface area contributed by atoms with E-state index in [1.54, 1.807) is 13.8 Å². The van der Waals surface area contributed by atoms with Crippen LogP contribution in [0.15, 0.2) is 21.5 Å². The van der Waals surface area contributed by atoms with Crippen molar-refractivity contribution in [2.24, 2.45) is 0 Å². The smallest absolute Gasteiger partial charge is 0.335 e. The minimum absolute atomic E-state index is 0.0126. The number of nitrogens with zero attached hydrogens (tertiary/aromatic N) is 1. The van der Waals surface area contributed by atoms with Crippen LogP contribution in [0.3, 0.4) is 0 Å². The van der Waals surface area contributed by atoms with E-state index in [1.807, 2.05) is 0 Å². The van der Waals surface area contributed by atoms with E-state index in [1.165, 1.54) is 23.5 Å². The lowest BCUT2D eigenvalue weighted by Crippen LogP contribution is -2.27. The molecular weight excluding hydrogens is 322 g/mol. The van der Waals surface area contributed by atoms with E-state index < -0.39 is 16.0 Å². The first-order valence-corrected chi connectivity index (χ1v) is 7.45. The van der Waals surface area contributed by atoms with E-state index in [0.717, 1.165) is 0 Å². The summed E-state index contributed by atoms with van der Waals surface area (Å²) in [6, 6.07) is 2.58. The van der Waals surface area contributed by atoms with Gasteiger partial charge < -0.3 is 5.11 Å². The molecule has 0 spiro atoms. The predicted molar refractivity (Wildman–Crippen MR) is 71.3 cm³/mol. The molecule has 0 amide bonds. The SMILES string of the molecule is CCN(C)S(=O)(=O)c1cc(C(=O)O)cc(Br)c1C. The second-order valence-electron chi connectivity index (χ2n) is 3.81. The first-order chi connectivity index (χ1) is 8.21. The standard InChI is InChI=1S/C11H14BrNO4S/c1-4-13(3)18(16,17)10-6-8(11(14)15)5-9(12)7(10)2/h5-6H,4H2,1-3H3,(H,14,15). The topological polar surface area (TPSA) is 74.7 Å². The summed E-state index contributed by atoms with van der Waals surface area (Å²) in [5, 5.41) is 8.96. The van der Waals surface area contributed by atoms with Crippen molar-refractivity contribution in [3.63, 3.8) is 0 Å². The number of benzene rings is 1. The second-order valence-corrected chi connectivity index (χ2v) is 6.67. The summed E-state index contributed by atoms with van der Waals surface area (Å²) in [6.07, 6.45) is 0. The Bertz CT molecular complexity index is 583. The van der Waals surface area contributed by atoms with Crippen molar-refractivity contribution in [2.45, 2.75) is 18.7 Å². The van der Waals surface area contributed by atoms with Crippen LogP contribution in [0, 0.1) is 6.92 Å². The summed E-state index contributed by atoms with van der Waals surface area (Å²) in [5.41, 5.74) is 0.441. The highest BCUT2D eigenvalue weighted by atomic mass is 79.9. The molecule has 1 aromatic carbocycles. The molecule has 0 fully saturated rings. The third kappa shape index (κ3) is 2.73. The van der Waals surface area contributed by atoms with Crippen molar-refractivity contribution in [2.75, 3.05) is 13.6 Å². The summed E-state index contributed by atoms with van der Waals surface area (Å²) in [4.78, 5) is 11.0. The maximum atomic E-state index is 12.2. The van der Waals surface area contributed by atoms with E-state index in [-0.39, 0.29) is 10.5 Å². The molecule has 0 unspecified atom stereocenters. The molecule has 0 aliphatic heterocycles. The van der Waals surface area contributed by atoms with E-state index >= 15 is 0 Å². The zero-order chi connectivity index (χ0) is 14.1. The second kappa shape index (κ2) is 5.38. The minimum Gasteiger partial charge on any atom is -0.478 e. The van der Waals surface area contributed by atoms with Gasteiger partial charge in [-0.1, -0.05) is 22.9 Å². The van der Waals surface area contributed by atoms with Crippen molar-refractivity contribution in [1.29, 1.82) is 0 Å². The minimum atomic E-state index is -3.66. The van der Waals surface area contributed by atoms with Crippen LogP contribution in [0.1, 0.15) is 22.8 Å². The number of carboxylic acids is 1. The molecule has 1 N–H and O–H groups in total. The van der Waals surface area contributed by atoms with Crippen LogP contribution >= 0.6 is 15.9 Å². The van der Waals surface area contributed by atoms with Crippen LogP contribution in [0.25, 0.3) is 0 Å². The normalized spacial score (nSPS) is 11.8. The molecule has 0 saturated heterocycles. The maximum Gasteiger partial charge on any atom is 0.335 e. The molecule has 0 saturated carbocycles. The molecule has 100 valence electrons. The van der Waals surface area contributed by atoms with Gasteiger partial charge in [-0.15, -0.1) is 0 Å². The Kier molecular flexibility index (Phi) is 4.52. The largest absolute Gasteiger partial charge is 0.478 e. The highest BCUT2D eigenvalue weighted by Crippen LogP contribution is 2.27. The first kappa shape index (κ1) is 15.1. The van der Waals surface area contributed by atoms with Gasteiger partial charge in [-0.2, -0.15) is 0 Å². The lowest BCUT2D eigenvalue weighted by Gasteiger charge is -2.17. The van der Waals surface area contributed by atoms with Gasteiger partial charge in [0.05, 0.1) is 10.5 Å². The molecule has 0 aliphatic carbocycles. The Morgan fingerprint density at radius 3 is 2.44 bits per heavy atom. The Morgan fingerprint density at radius 1 is 1.44 bits per heavy atom. The van der Waals surface area contributed by atoms with Crippen LogP contribution in [0.5, 0.6) is 0 Å². The van der Waals surface area contributed by atoms with Crippen LogP contribution in [-0.4, -0.2) is 37.4 Å². The molecule has 0 aliphatic rings. The summed E-state index contributed by atoms with van der Waals surface area (Å²) in [5.74, 6) is -1.16. The number of carbonyl (C=O) groups is 1. The van der Waals surface area contributed by atoms with Gasteiger partial charge >= 0.3 is 5.97 Å². The molecule has 1 aromatic rings. The molecular formula is C11H14BrNO4S. The fourth-order valence-corrected chi connectivity index (χ4v) is 3.42. The van der Waals surface area contributed by atoms with E-state index in [2.05, 4.69) is 15.9 Å². The summed E-state index contributed by atoms with van der Waals surface area (Å²) in [7, 11) is -2.20. The molecule has 1 rings (SSSR count). The highest BCUT2D eigenvalue weighted by Gasteiger charge is 2.24. The Labute approximate surface area is 115 Å². The molecule has 7 heteroatoms. The van der Waals surface area contributed by atoms with Gasteiger partial charge in [0.15, 0.2) is 0 Å². The lowest BCUT2D eigenvalue weighted by atomic mass is 10.1. The fraction of sp³-hybridized carbons (Fsp3) is 0.364. The molecule has 0 aromatic heterocycles. The quantitative estimate of drug-likeness (QED) is 0.914. The number of aromatic carboxylic acids is 1. The number of hydrogen-bond donors (Lipinski definition) is 1. The third-order valence-electron chi connectivity index (χ3n) is 2.68. The molecule has 18 heavy (non-hydrogen) atoms. The van der Waals surface area contributed by atoms with Gasteiger partial charge in [0.1, 0.15) is 0 Å². The number of halogens is 1. The number of hydrogen-bond acceptors (Lipinski definition) is 3. The molecule has 5 nitrogen and oxygen atoms in total. The van der Waals surface area contributed by atoms with Crippen LogP contribution in [0.4, 0.5) is 0 Å². The van der Waals surface area contributed by atoms with Gasteiger partial charge in [-0.3, -0.25) is 0 Å². The molecule has 0 atom stereocenters. The maximum absolute atomic E-state index is 12.2. The van der Waals surface area contributed by atoms with Crippen molar-refractivity contribution >= 4 is 31.9 Å². The van der Waals surface area contributed by atoms with Gasteiger partial charge in [0.25, 0.3) is 0 Å². The summed E-state index contributed by atoms with van der Waals surface area (Å²) in [6.45, 7) is 3.66. The van der Waals surface area contributed by atoms with Crippen LogP contribution in [-0.2, 0) is 10.0 Å². The van der Waals surface area contributed by atoms with Gasteiger partial charge in [-0.25, -0.2) is 17.5 Å². The average Bonchev–Trinajstić information content (AvgIpc) is 2.30. The van der Waals surface area contributed by atoms with Crippen molar-refractivity contribution in [3.05, 3.63) is 27.7 Å². The van der Waals surface area contributed by atoms with E-state index in [4.69, 9.17) is 5.11 Å². The van der Waals surface area contributed by atoms with E-state index in [0.29, 0.717) is 16.6 Å². The van der Waals surface area contributed by atoms with Crippen LogP contribution < -0.4 is 0 Å². The highest BCUT2D eigenvalue weighted by molar-refractivity contribution is 9.10. The van der Waals surface area contributed by atoms with Crippen molar-refractivity contribution in [3.8, 4) is 0 Å². The zero-order valence-corrected chi connectivity index (χ0v) is 12.7. The first-order valence-electron chi connectivity index (χ1n) is 5.21. The number of carboxylic acid groups (broad SMARTS) is 1. The molecule has 0 radical (unpaired) electrons. The molecule has 0 bridgehead atoms. The van der Waals surface area contributed by atoms with Crippen LogP contribution in [0.2, 0.25) is 0 Å². The summed E-state index contributed by atoms with van der Waals surface area (Å²) < 4.78 is 26.1. The van der Waals surface area contributed by atoms with E-state index in [9.17, 15) is 13.2 Å². The van der Waals surface area contributed by atoms with Gasteiger partial charge in [0.2, 0.25) is 10.0 Å². The fourth-order valence-electron chi connectivity index (χ4n) is 1.38. The summed E-state index contributed by atoms with van der Waals surface area (Å²) >= 11 is 3.18. The molecule has 0 heterocycles.